The third-order valence-electron chi connectivity index (χ3n) is 1.73. The van der Waals surface area contributed by atoms with Crippen LogP contribution in [0.4, 0.5) is 0 Å². The number of carbonyl (C=O) groups is 2. The van der Waals surface area contributed by atoms with E-state index in [1.165, 1.54) is 6.92 Å². The van der Waals surface area contributed by atoms with Gasteiger partial charge < -0.3 is 5.11 Å². The van der Waals surface area contributed by atoms with Gasteiger partial charge in [-0.15, -0.1) is 0 Å². The molecule has 0 heterocycles. The lowest BCUT2D eigenvalue weighted by Gasteiger charge is -2.01. The van der Waals surface area contributed by atoms with Gasteiger partial charge in [-0.25, -0.2) is 4.79 Å². The van der Waals surface area contributed by atoms with Crippen LogP contribution in [0.5, 0.6) is 0 Å². The number of aliphatic carboxylic acids is 1. The molecule has 14 heavy (non-hydrogen) atoms. The Morgan fingerprint density at radius 1 is 1.21 bits per heavy atom. The SMILES string of the molecule is CC(=O)/C(=C/C(=O)O)c1ccccc1. The van der Waals surface area contributed by atoms with Crippen molar-refractivity contribution < 1.29 is 14.7 Å². The average Bonchev–Trinajstić information content (AvgIpc) is 2.15. The second-order valence-corrected chi connectivity index (χ2v) is 2.82. The highest BCUT2D eigenvalue weighted by Gasteiger charge is 2.07. The van der Waals surface area contributed by atoms with Crippen molar-refractivity contribution in [2.45, 2.75) is 6.92 Å². The Kier molecular flexibility index (Phi) is 3.18. The fourth-order valence-corrected chi connectivity index (χ4v) is 1.13. The maximum absolute atomic E-state index is 11.1. The molecule has 0 aliphatic carbocycles. The Morgan fingerprint density at radius 3 is 2.21 bits per heavy atom. The van der Waals surface area contributed by atoms with Crippen LogP contribution >= 0.6 is 0 Å². The standard InChI is InChI=1S/C11H10O3/c1-8(12)10(7-11(13)14)9-5-3-2-4-6-9/h2-7H,1H3,(H,13,14)/b10-7-. The number of hydrogen-bond donors (Lipinski definition) is 1. The highest BCUT2D eigenvalue weighted by Crippen LogP contribution is 2.14. The molecule has 0 aliphatic rings. The summed E-state index contributed by atoms with van der Waals surface area (Å²) in [6.45, 7) is 1.35. The van der Waals surface area contributed by atoms with Crippen LogP contribution < -0.4 is 0 Å². The van der Waals surface area contributed by atoms with Crippen molar-refractivity contribution in [2.24, 2.45) is 0 Å². The van der Waals surface area contributed by atoms with Crippen LogP contribution in [0.2, 0.25) is 0 Å². The highest BCUT2D eigenvalue weighted by molar-refractivity contribution is 6.22. The molecular weight excluding hydrogens is 180 g/mol. The summed E-state index contributed by atoms with van der Waals surface area (Å²) in [7, 11) is 0. The quantitative estimate of drug-likeness (QED) is 0.738. The maximum Gasteiger partial charge on any atom is 0.329 e. The summed E-state index contributed by atoms with van der Waals surface area (Å²) in [5.41, 5.74) is 0.848. The van der Waals surface area contributed by atoms with Crippen LogP contribution in [0.25, 0.3) is 5.57 Å². The summed E-state index contributed by atoms with van der Waals surface area (Å²) in [6.07, 6.45) is 0.928. The van der Waals surface area contributed by atoms with Gasteiger partial charge in [-0.1, -0.05) is 30.3 Å². The summed E-state index contributed by atoms with van der Waals surface area (Å²) in [4.78, 5) is 21.6. The third kappa shape index (κ3) is 2.55. The van der Waals surface area contributed by atoms with Gasteiger partial charge >= 0.3 is 5.97 Å². The number of benzene rings is 1. The van der Waals surface area contributed by atoms with Gasteiger partial charge in [-0.2, -0.15) is 0 Å². The van der Waals surface area contributed by atoms with Gasteiger partial charge in [0.15, 0.2) is 5.78 Å². The lowest BCUT2D eigenvalue weighted by molar-refractivity contribution is -0.131. The molecule has 0 fully saturated rings. The molecule has 0 amide bonds. The van der Waals surface area contributed by atoms with Crippen molar-refractivity contribution in [3.05, 3.63) is 42.0 Å². The van der Waals surface area contributed by atoms with Gasteiger partial charge in [0.2, 0.25) is 0 Å². The van der Waals surface area contributed by atoms with E-state index in [-0.39, 0.29) is 11.4 Å². The number of rotatable bonds is 3. The molecule has 0 spiro atoms. The molecule has 0 radical (unpaired) electrons. The van der Waals surface area contributed by atoms with Crippen molar-refractivity contribution in [3.8, 4) is 0 Å². The van der Waals surface area contributed by atoms with Crippen molar-refractivity contribution in [2.75, 3.05) is 0 Å². The van der Waals surface area contributed by atoms with E-state index in [1.54, 1.807) is 24.3 Å². The van der Waals surface area contributed by atoms with E-state index in [1.807, 2.05) is 6.07 Å². The minimum absolute atomic E-state index is 0.220. The normalized spacial score (nSPS) is 11.1. The molecule has 1 aromatic carbocycles. The number of Topliss-reactive ketones (excluding diaryl/α,β-unsaturated/α-hetero) is 1. The molecule has 72 valence electrons. The third-order valence-corrected chi connectivity index (χ3v) is 1.73. The van der Waals surface area contributed by atoms with E-state index < -0.39 is 5.97 Å². The summed E-state index contributed by atoms with van der Waals surface area (Å²) in [6, 6.07) is 8.73. The van der Waals surface area contributed by atoms with Crippen LogP contribution in [-0.2, 0) is 9.59 Å². The molecule has 1 aromatic rings. The van der Waals surface area contributed by atoms with Gasteiger partial charge in [-0.05, 0) is 12.5 Å². The molecule has 0 saturated heterocycles. The molecule has 0 saturated carbocycles. The molecule has 3 nitrogen and oxygen atoms in total. The lowest BCUT2D eigenvalue weighted by Crippen LogP contribution is -2.00. The molecule has 0 atom stereocenters. The van der Waals surface area contributed by atoms with E-state index in [0.29, 0.717) is 5.56 Å². The van der Waals surface area contributed by atoms with Crippen molar-refractivity contribution in [1.82, 2.24) is 0 Å². The number of hydrogen-bond acceptors (Lipinski definition) is 2. The van der Waals surface area contributed by atoms with E-state index in [0.717, 1.165) is 6.08 Å². The van der Waals surface area contributed by atoms with Crippen LogP contribution in [0.1, 0.15) is 12.5 Å². The first-order valence-electron chi connectivity index (χ1n) is 4.12. The predicted octanol–water partition coefficient (Wildman–Crippen LogP) is 1.74. The number of ketones is 1. The number of carboxylic acids is 1. The zero-order valence-corrected chi connectivity index (χ0v) is 7.73. The second-order valence-electron chi connectivity index (χ2n) is 2.82. The second kappa shape index (κ2) is 4.37. The Hall–Kier alpha value is -1.90. The van der Waals surface area contributed by atoms with Crippen molar-refractivity contribution >= 4 is 17.3 Å². The molecule has 3 heteroatoms. The average molecular weight is 190 g/mol. The summed E-state index contributed by atoms with van der Waals surface area (Å²) < 4.78 is 0. The molecule has 1 N–H and O–H groups in total. The van der Waals surface area contributed by atoms with Crippen LogP contribution in [0, 0.1) is 0 Å². The smallest absolute Gasteiger partial charge is 0.329 e. The Balaban J connectivity index is 3.14. The predicted molar refractivity (Wildman–Crippen MR) is 52.7 cm³/mol. The first-order valence-corrected chi connectivity index (χ1v) is 4.12. The zero-order chi connectivity index (χ0) is 10.6. The molecule has 0 aromatic heterocycles. The maximum atomic E-state index is 11.1. The van der Waals surface area contributed by atoms with Crippen molar-refractivity contribution in [1.29, 1.82) is 0 Å². The molecule has 1 rings (SSSR count). The molecule has 0 unspecified atom stereocenters. The van der Waals surface area contributed by atoms with Crippen molar-refractivity contribution in [3.63, 3.8) is 0 Å². The number of carbonyl (C=O) groups excluding carboxylic acids is 1. The van der Waals surface area contributed by atoms with E-state index in [9.17, 15) is 9.59 Å². The molecular formula is C11H10O3. The van der Waals surface area contributed by atoms with E-state index >= 15 is 0 Å². The van der Waals surface area contributed by atoms with E-state index in [4.69, 9.17) is 5.11 Å². The number of carboxylic acid groups (broad SMARTS) is 1. The first kappa shape index (κ1) is 10.2. The molecule has 0 bridgehead atoms. The van der Waals surface area contributed by atoms with Gasteiger partial charge in [0.05, 0.1) is 0 Å². The van der Waals surface area contributed by atoms with Gasteiger partial charge in [0.25, 0.3) is 0 Å². The highest BCUT2D eigenvalue weighted by atomic mass is 16.4. The van der Waals surface area contributed by atoms with Gasteiger partial charge in [-0.3, -0.25) is 4.79 Å². The largest absolute Gasteiger partial charge is 0.478 e. The van der Waals surface area contributed by atoms with Gasteiger partial charge in [0, 0.05) is 11.6 Å². The zero-order valence-electron chi connectivity index (χ0n) is 7.73. The Bertz CT molecular complexity index is 377. The Labute approximate surface area is 81.7 Å². The first-order chi connectivity index (χ1) is 6.61. The minimum Gasteiger partial charge on any atom is -0.478 e. The van der Waals surface area contributed by atoms with Crippen LogP contribution in [0.3, 0.4) is 0 Å². The Morgan fingerprint density at radius 2 is 1.79 bits per heavy atom. The lowest BCUT2D eigenvalue weighted by atomic mass is 10.0. The number of allylic oxidation sites excluding steroid dienone is 1. The summed E-state index contributed by atoms with van der Waals surface area (Å²) in [5.74, 6) is -1.36. The monoisotopic (exact) mass is 190 g/mol. The fourth-order valence-electron chi connectivity index (χ4n) is 1.13. The van der Waals surface area contributed by atoms with Crippen LogP contribution in [-0.4, -0.2) is 16.9 Å². The fraction of sp³-hybridized carbons (Fsp3) is 0.0909. The molecule has 0 aliphatic heterocycles. The van der Waals surface area contributed by atoms with Gasteiger partial charge in [0.1, 0.15) is 0 Å². The topological polar surface area (TPSA) is 54.4 Å². The summed E-state index contributed by atoms with van der Waals surface area (Å²) >= 11 is 0. The van der Waals surface area contributed by atoms with Crippen LogP contribution in [0.15, 0.2) is 36.4 Å². The van der Waals surface area contributed by atoms with E-state index in [2.05, 4.69) is 0 Å². The minimum atomic E-state index is -1.11. The summed E-state index contributed by atoms with van der Waals surface area (Å²) in [5, 5.41) is 8.57.